The first kappa shape index (κ1) is 21.8. The first-order valence-corrected chi connectivity index (χ1v) is 11.2. The van der Waals surface area contributed by atoms with Crippen LogP contribution in [0.2, 0.25) is 0 Å². The highest BCUT2D eigenvalue weighted by Gasteiger charge is 2.34. The number of nitrogens with zero attached hydrogens (tertiary/aromatic N) is 5. The molecule has 4 rings (SSSR count). The summed E-state index contributed by atoms with van der Waals surface area (Å²) in [6.07, 6.45) is 0.892. The summed E-state index contributed by atoms with van der Waals surface area (Å²) in [5.41, 5.74) is 3.90. The summed E-state index contributed by atoms with van der Waals surface area (Å²) in [7, 11) is 0. The van der Waals surface area contributed by atoms with E-state index in [1.165, 1.54) is 0 Å². The van der Waals surface area contributed by atoms with Gasteiger partial charge in [0.05, 0.1) is 28.7 Å². The van der Waals surface area contributed by atoms with E-state index in [-0.39, 0.29) is 23.9 Å². The summed E-state index contributed by atoms with van der Waals surface area (Å²) < 4.78 is 0. The maximum Gasteiger partial charge on any atom is 0.225 e. The molecule has 2 aromatic carbocycles. The molecular formula is C26H29N5O. The lowest BCUT2D eigenvalue weighted by molar-refractivity contribution is -0.138. The van der Waals surface area contributed by atoms with Gasteiger partial charge in [0.15, 0.2) is 5.82 Å². The van der Waals surface area contributed by atoms with Crippen molar-refractivity contribution in [3.8, 4) is 17.3 Å². The molecule has 0 radical (unpaired) electrons. The van der Waals surface area contributed by atoms with Crippen molar-refractivity contribution in [2.24, 2.45) is 5.92 Å². The highest BCUT2D eigenvalue weighted by molar-refractivity contribution is 5.84. The summed E-state index contributed by atoms with van der Waals surface area (Å²) in [6, 6.07) is 17.8. The van der Waals surface area contributed by atoms with E-state index in [0.29, 0.717) is 12.1 Å². The van der Waals surface area contributed by atoms with Crippen LogP contribution >= 0.6 is 0 Å². The van der Waals surface area contributed by atoms with Crippen molar-refractivity contribution in [1.82, 2.24) is 14.9 Å². The predicted molar refractivity (Wildman–Crippen MR) is 127 cm³/mol. The van der Waals surface area contributed by atoms with Gasteiger partial charge in [-0.3, -0.25) is 4.79 Å². The van der Waals surface area contributed by atoms with Crippen molar-refractivity contribution in [3.63, 3.8) is 0 Å². The quantitative estimate of drug-likeness (QED) is 0.593. The van der Waals surface area contributed by atoms with Gasteiger partial charge >= 0.3 is 0 Å². The number of amides is 1. The second-order valence-electron chi connectivity index (χ2n) is 8.96. The van der Waals surface area contributed by atoms with Crippen molar-refractivity contribution in [3.05, 3.63) is 54.1 Å². The van der Waals surface area contributed by atoms with Crippen LogP contribution in [0.4, 0.5) is 5.82 Å². The number of nitriles is 1. The second-order valence-corrected chi connectivity index (χ2v) is 8.96. The van der Waals surface area contributed by atoms with Gasteiger partial charge in [-0.05, 0) is 44.5 Å². The number of hydrogen-bond donors (Lipinski definition) is 0. The zero-order valence-corrected chi connectivity index (χ0v) is 19.1. The maximum atomic E-state index is 12.9. The Morgan fingerprint density at radius 2 is 1.81 bits per heavy atom. The van der Waals surface area contributed by atoms with Gasteiger partial charge < -0.3 is 9.80 Å². The van der Waals surface area contributed by atoms with Crippen LogP contribution < -0.4 is 4.90 Å². The first-order valence-electron chi connectivity index (χ1n) is 11.2. The largest absolute Gasteiger partial charge is 0.353 e. The summed E-state index contributed by atoms with van der Waals surface area (Å²) in [6.45, 7) is 9.60. The number of carbonyl (C=O) groups is 1. The lowest BCUT2D eigenvalue weighted by Crippen LogP contribution is -2.48. The number of carbonyl (C=O) groups excluding carboxylic acids is 1. The Bertz CT molecular complexity index is 1180. The number of fused-ring (bicyclic) bond motifs is 1. The van der Waals surface area contributed by atoms with E-state index in [1.807, 2.05) is 61.2 Å². The molecule has 6 heteroatoms. The standard InChI is InChI=1S/C26H29N5O/c1-17(2)26(32)31(18(3)4)21-12-13-30(16-21)25-24(20-9-7-8-19(14-20)15-27)28-22-10-5-6-11-23(22)29-25/h5-11,14,17-18,21H,12-13,16H2,1-4H3. The summed E-state index contributed by atoms with van der Waals surface area (Å²) in [5, 5.41) is 9.37. The van der Waals surface area contributed by atoms with Crippen LogP contribution in [0.15, 0.2) is 48.5 Å². The molecule has 6 nitrogen and oxygen atoms in total. The molecule has 164 valence electrons. The van der Waals surface area contributed by atoms with Gasteiger partial charge in [0.1, 0.15) is 5.69 Å². The van der Waals surface area contributed by atoms with Crippen LogP contribution in [0.3, 0.4) is 0 Å². The molecule has 1 aromatic heterocycles. The Morgan fingerprint density at radius 3 is 2.47 bits per heavy atom. The van der Waals surface area contributed by atoms with E-state index in [4.69, 9.17) is 9.97 Å². The normalized spacial score (nSPS) is 16.0. The molecule has 1 fully saturated rings. The van der Waals surface area contributed by atoms with Gasteiger partial charge in [0, 0.05) is 30.6 Å². The van der Waals surface area contributed by atoms with Gasteiger partial charge in [0.2, 0.25) is 5.91 Å². The van der Waals surface area contributed by atoms with Crippen molar-refractivity contribution < 1.29 is 4.79 Å². The molecule has 0 spiro atoms. The predicted octanol–water partition coefficient (Wildman–Crippen LogP) is 4.64. The van der Waals surface area contributed by atoms with Crippen molar-refractivity contribution >= 4 is 22.8 Å². The summed E-state index contributed by atoms with van der Waals surface area (Å²) in [4.78, 5) is 27.1. The van der Waals surface area contributed by atoms with Gasteiger partial charge in [-0.1, -0.05) is 38.1 Å². The molecule has 1 aliphatic heterocycles. The molecule has 1 unspecified atom stereocenters. The minimum atomic E-state index is -0.0313. The van der Waals surface area contributed by atoms with Crippen molar-refractivity contribution in [2.45, 2.75) is 46.2 Å². The Balaban J connectivity index is 1.75. The fourth-order valence-corrected chi connectivity index (χ4v) is 4.46. The number of aromatic nitrogens is 2. The van der Waals surface area contributed by atoms with Crippen LogP contribution in [-0.2, 0) is 4.79 Å². The topological polar surface area (TPSA) is 73.1 Å². The van der Waals surface area contributed by atoms with E-state index in [0.717, 1.165) is 41.1 Å². The Kier molecular flexibility index (Phi) is 6.09. The third-order valence-corrected chi connectivity index (χ3v) is 5.98. The Morgan fingerprint density at radius 1 is 1.09 bits per heavy atom. The number of rotatable bonds is 5. The van der Waals surface area contributed by atoms with Gasteiger partial charge in [-0.15, -0.1) is 0 Å². The fourth-order valence-electron chi connectivity index (χ4n) is 4.46. The van der Waals surface area contributed by atoms with E-state index >= 15 is 0 Å². The maximum absolute atomic E-state index is 12.9. The molecule has 1 atom stereocenters. The highest BCUT2D eigenvalue weighted by Crippen LogP contribution is 2.33. The number of benzene rings is 2. The molecule has 1 amide bonds. The molecular weight excluding hydrogens is 398 g/mol. The van der Waals surface area contributed by atoms with Gasteiger partial charge in [0.25, 0.3) is 0 Å². The summed E-state index contributed by atoms with van der Waals surface area (Å²) >= 11 is 0. The lowest BCUT2D eigenvalue weighted by Gasteiger charge is -2.34. The molecule has 0 bridgehead atoms. The molecule has 0 aliphatic carbocycles. The summed E-state index contributed by atoms with van der Waals surface area (Å²) in [5.74, 6) is 0.969. The monoisotopic (exact) mass is 427 g/mol. The lowest BCUT2D eigenvalue weighted by atomic mass is 10.1. The van der Waals surface area contributed by atoms with Crippen LogP contribution in [0.1, 0.15) is 39.7 Å². The molecule has 2 heterocycles. The van der Waals surface area contributed by atoms with Gasteiger partial charge in [-0.2, -0.15) is 5.26 Å². The SMILES string of the molecule is CC(C)C(=O)N(C(C)C)C1CCN(c2nc3ccccc3nc2-c2cccc(C#N)c2)C1. The van der Waals surface area contributed by atoms with Crippen LogP contribution in [-0.4, -0.2) is 45.9 Å². The fraction of sp³-hybridized carbons (Fsp3) is 0.385. The molecule has 3 aromatic rings. The molecule has 32 heavy (non-hydrogen) atoms. The molecule has 0 saturated carbocycles. The third kappa shape index (κ3) is 4.16. The minimum Gasteiger partial charge on any atom is -0.353 e. The molecule has 1 aliphatic rings. The van der Waals surface area contributed by atoms with E-state index in [9.17, 15) is 10.1 Å². The molecule has 0 N–H and O–H groups in total. The van der Waals surface area contributed by atoms with E-state index in [2.05, 4.69) is 24.8 Å². The van der Waals surface area contributed by atoms with E-state index < -0.39 is 0 Å². The van der Waals surface area contributed by atoms with Crippen molar-refractivity contribution in [1.29, 1.82) is 5.26 Å². The van der Waals surface area contributed by atoms with Crippen LogP contribution in [0.25, 0.3) is 22.3 Å². The number of para-hydroxylation sites is 2. The minimum absolute atomic E-state index is 0.0313. The molecule has 1 saturated heterocycles. The first-order chi connectivity index (χ1) is 15.4. The highest BCUT2D eigenvalue weighted by atomic mass is 16.2. The van der Waals surface area contributed by atoms with Crippen molar-refractivity contribution in [2.75, 3.05) is 18.0 Å². The average molecular weight is 428 g/mol. The third-order valence-electron chi connectivity index (χ3n) is 5.98. The average Bonchev–Trinajstić information content (AvgIpc) is 3.27. The van der Waals surface area contributed by atoms with Crippen LogP contribution in [0, 0.1) is 17.2 Å². The number of hydrogen-bond acceptors (Lipinski definition) is 5. The second kappa shape index (κ2) is 8.96. The van der Waals surface area contributed by atoms with E-state index in [1.54, 1.807) is 6.07 Å². The smallest absolute Gasteiger partial charge is 0.225 e. The zero-order valence-electron chi connectivity index (χ0n) is 19.1. The van der Waals surface area contributed by atoms with Gasteiger partial charge in [-0.25, -0.2) is 9.97 Å². The Labute approximate surface area is 189 Å². The number of anilines is 1. The van der Waals surface area contributed by atoms with Crippen LogP contribution in [0.5, 0.6) is 0 Å². The zero-order chi connectivity index (χ0) is 22.8. The Hall–Kier alpha value is -3.46.